The lowest BCUT2D eigenvalue weighted by Gasteiger charge is -2.10. The minimum Gasteiger partial charge on any atom is -0.381 e. The summed E-state index contributed by atoms with van der Waals surface area (Å²) in [4.78, 5) is 16.5. The Kier molecular flexibility index (Phi) is 5.31. The Bertz CT molecular complexity index is 895. The van der Waals surface area contributed by atoms with Gasteiger partial charge in [-0.1, -0.05) is 41.9 Å². The van der Waals surface area contributed by atoms with Gasteiger partial charge in [0.15, 0.2) is 0 Å². The fraction of sp³-hybridized carbons (Fsp3) is 0.100. The number of benzene rings is 2. The molecule has 126 valence electrons. The number of nitrogens with one attached hydrogen (secondary N) is 2. The van der Waals surface area contributed by atoms with Crippen molar-refractivity contribution in [2.24, 2.45) is 0 Å². The molecule has 0 fully saturated rings. The molecule has 0 atom stereocenters. The van der Waals surface area contributed by atoms with Gasteiger partial charge >= 0.3 is 0 Å². The first kappa shape index (κ1) is 17.0. The summed E-state index contributed by atoms with van der Waals surface area (Å²) in [5.74, 6) is -0.276. The van der Waals surface area contributed by atoms with Crippen LogP contribution in [-0.4, -0.2) is 10.9 Å². The molecule has 0 aliphatic rings. The highest BCUT2D eigenvalue weighted by Gasteiger charge is 2.09. The topological polar surface area (TPSA) is 54.0 Å². The molecule has 0 aliphatic heterocycles. The molecule has 0 spiro atoms. The molecule has 1 heterocycles. The van der Waals surface area contributed by atoms with Gasteiger partial charge in [0, 0.05) is 29.1 Å². The van der Waals surface area contributed by atoms with Crippen LogP contribution < -0.4 is 10.6 Å². The van der Waals surface area contributed by atoms with Crippen LogP contribution in [-0.2, 0) is 6.54 Å². The largest absolute Gasteiger partial charge is 0.381 e. The maximum absolute atomic E-state index is 12.4. The van der Waals surface area contributed by atoms with Crippen molar-refractivity contribution in [3.05, 3.63) is 88.7 Å². The third kappa shape index (κ3) is 4.58. The first-order valence-electron chi connectivity index (χ1n) is 7.93. The molecule has 0 saturated carbocycles. The highest BCUT2D eigenvalue weighted by Crippen LogP contribution is 2.17. The van der Waals surface area contributed by atoms with Crippen LogP contribution in [0.1, 0.15) is 21.6 Å². The van der Waals surface area contributed by atoms with Crippen LogP contribution in [0.25, 0.3) is 0 Å². The molecular formula is C20H18ClN3O. The molecule has 0 radical (unpaired) electrons. The summed E-state index contributed by atoms with van der Waals surface area (Å²) >= 11 is 5.93. The third-order valence-electron chi connectivity index (χ3n) is 3.82. The van der Waals surface area contributed by atoms with Crippen LogP contribution in [0, 0.1) is 6.92 Å². The van der Waals surface area contributed by atoms with Gasteiger partial charge in [-0.2, -0.15) is 0 Å². The number of pyridine rings is 1. The van der Waals surface area contributed by atoms with Gasteiger partial charge in [-0.3, -0.25) is 9.78 Å². The van der Waals surface area contributed by atoms with Crippen molar-refractivity contribution in [1.82, 2.24) is 4.98 Å². The Morgan fingerprint density at radius 1 is 1.04 bits per heavy atom. The van der Waals surface area contributed by atoms with Crippen LogP contribution in [0.4, 0.5) is 11.4 Å². The summed E-state index contributed by atoms with van der Waals surface area (Å²) in [6.45, 7) is 2.76. The molecular weight excluding hydrogens is 334 g/mol. The third-order valence-corrected chi connectivity index (χ3v) is 4.05. The number of carbonyl (C=O) groups is 1. The normalized spacial score (nSPS) is 10.3. The van der Waals surface area contributed by atoms with Crippen molar-refractivity contribution in [1.29, 1.82) is 0 Å². The van der Waals surface area contributed by atoms with E-state index in [1.54, 1.807) is 36.5 Å². The average molecular weight is 352 g/mol. The lowest BCUT2D eigenvalue weighted by Crippen LogP contribution is -2.14. The van der Waals surface area contributed by atoms with Crippen molar-refractivity contribution >= 4 is 28.9 Å². The standard InChI is InChI=1S/C20H18ClN3O/c1-14-5-2-3-6-15(14)13-23-17-9-10-22-19(12-17)20(25)24-18-8-4-7-16(21)11-18/h2-12H,13H2,1H3,(H,22,23)(H,24,25). The maximum Gasteiger partial charge on any atom is 0.274 e. The van der Waals surface area contributed by atoms with E-state index in [2.05, 4.69) is 34.7 Å². The van der Waals surface area contributed by atoms with E-state index in [0.29, 0.717) is 22.9 Å². The van der Waals surface area contributed by atoms with Crippen molar-refractivity contribution < 1.29 is 4.79 Å². The van der Waals surface area contributed by atoms with Crippen LogP contribution >= 0.6 is 11.6 Å². The second-order valence-electron chi connectivity index (χ2n) is 5.67. The molecule has 4 nitrogen and oxygen atoms in total. The molecule has 2 N–H and O–H groups in total. The van der Waals surface area contributed by atoms with E-state index in [9.17, 15) is 4.79 Å². The van der Waals surface area contributed by atoms with Crippen molar-refractivity contribution in [2.75, 3.05) is 10.6 Å². The summed E-state index contributed by atoms with van der Waals surface area (Å²) in [6.07, 6.45) is 1.62. The minimum atomic E-state index is -0.276. The summed E-state index contributed by atoms with van der Waals surface area (Å²) in [5, 5.41) is 6.69. The number of nitrogens with zero attached hydrogens (tertiary/aromatic N) is 1. The Balaban J connectivity index is 1.68. The summed E-state index contributed by atoms with van der Waals surface area (Å²) in [7, 11) is 0. The molecule has 0 unspecified atom stereocenters. The molecule has 25 heavy (non-hydrogen) atoms. The van der Waals surface area contributed by atoms with E-state index in [1.807, 2.05) is 18.2 Å². The smallest absolute Gasteiger partial charge is 0.274 e. The molecule has 5 heteroatoms. The lowest BCUT2D eigenvalue weighted by atomic mass is 10.1. The van der Waals surface area contributed by atoms with Gasteiger partial charge < -0.3 is 10.6 Å². The Morgan fingerprint density at radius 2 is 1.88 bits per heavy atom. The van der Waals surface area contributed by atoms with Gasteiger partial charge in [0.2, 0.25) is 0 Å². The van der Waals surface area contributed by atoms with Gasteiger partial charge in [0.25, 0.3) is 5.91 Å². The number of aromatic nitrogens is 1. The zero-order chi connectivity index (χ0) is 17.6. The highest BCUT2D eigenvalue weighted by molar-refractivity contribution is 6.30. The van der Waals surface area contributed by atoms with E-state index in [1.165, 1.54) is 11.1 Å². The zero-order valence-electron chi connectivity index (χ0n) is 13.8. The first-order chi connectivity index (χ1) is 12.1. The zero-order valence-corrected chi connectivity index (χ0v) is 14.5. The van der Waals surface area contributed by atoms with Crippen molar-refractivity contribution in [2.45, 2.75) is 13.5 Å². The van der Waals surface area contributed by atoms with Gasteiger partial charge in [-0.05, 0) is 48.4 Å². The Labute approximate surface area is 151 Å². The second kappa shape index (κ2) is 7.81. The van der Waals surface area contributed by atoms with Crippen LogP contribution in [0.3, 0.4) is 0 Å². The summed E-state index contributed by atoms with van der Waals surface area (Å²) in [6, 6.07) is 18.8. The minimum absolute atomic E-state index is 0.276. The van der Waals surface area contributed by atoms with Gasteiger partial charge in [-0.25, -0.2) is 0 Å². The number of hydrogen-bond donors (Lipinski definition) is 2. The second-order valence-corrected chi connectivity index (χ2v) is 6.11. The number of halogens is 1. The Morgan fingerprint density at radius 3 is 2.68 bits per heavy atom. The lowest BCUT2D eigenvalue weighted by molar-refractivity contribution is 0.102. The summed E-state index contributed by atoms with van der Waals surface area (Å²) in [5.41, 5.74) is 4.26. The van der Waals surface area contributed by atoms with Gasteiger partial charge in [0.1, 0.15) is 5.69 Å². The van der Waals surface area contributed by atoms with E-state index in [0.717, 1.165) is 5.69 Å². The molecule has 0 aliphatic carbocycles. The average Bonchev–Trinajstić information content (AvgIpc) is 2.61. The number of carbonyl (C=O) groups excluding carboxylic acids is 1. The molecule has 3 rings (SSSR count). The quantitative estimate of drug-likeness (QED) is 0.686. The molecule has 2 aromatic carbocycles. The molecule has 1 amide bonds. The fourth-order valence-electron chi connectivity index (χ4n) is 2.43. The number of aryl methyl sites for hydroxylation is 1. The Hall–Kier alpha value is -2.85. The van der Waals surface area contributed by atoms with Crippen molar-refractivity contribution in [3.8, 4) is 0 Å². The SMILES string of the molecule is Cc1ccccc1CNc1ccnc(C(=O)Nc2cccc(Cl)c2)c1. The van der Waals surface area contributed by atoms with Crippen LogP contribution in [0.5, 0.6) is 0 Å². The van der Waals surface area contributed by atoms with Crippen LogP contribution in [0.2, 0.25) is 5.02 Å². The molecule has 1 aromatic heterocycles. The monoisotopic (exact) mass is 351 g/mol. The van der Waals surface area contributed by atoms with Crippen molar-refractivity contribution in [3.63, 3.8) is 0 Å². The van der Waals surface area contributed by atoms with Gasteiger partial charge in [-0.15, -0.1) is 0 Å². The number of rotatable bonds is 5. The first-order valence-corrected chi connectivity index (χ1v) is 8.31. The number of anilines is 2. The van der Waals surface area contributed by atoms with E-state index >= 15 is 0 Å². The predicted octanol–water partition coefficient (Wildman–Crippen LogP) is 4.91. The van der Waals surface area contributed by atoms with Gasteiger partial charge in [0.05, 0.1) is 0 Å². The van der Waals surface area contributed by atoms with E-state index in [4.69, 9.17) is 11.6 Å². The van der Waals surface area contributed by atoms with Crippen LogP contribution in [0.15, 0.2) is 66.9 Å². The summed E-state index contributed by atoms with van der Waals surface area (Å²) < 4.78 is 0. The molecule has 0 saturated heterocycles. The molecule has 3 aromatic rings. The molecule has 0 bridgehead atoms. The highest BCUT2D eigenvalue weighted by atomic mass is 35.5. The predicted molar refractivity (Wildman–Crippen MR) is 102 cm³/mol. The number of hydrogen-bond acceptors (Lipinski definition) is 3. The number of amides is 1. The maximum atomic E-state index is 12.4. The van der Waals surface area contributed by atoms with E-state index in [-0.39, 0.29) is 5.91 Å². The van der Waals surface area contributed by atoms with E-state index < -0.39 is 0 Å². The fourth-order valence-corrected chi connectivity index (χ4v) is 2.62.